The van der Waals surface area contributed by atoms with Gasteiger partial charge in [0.25, 0.3) is 0 Å². The molecule has 29 heavy (non-hydrogen) atoms. The topological polar surface area (TPSA) is 80.5 Å². The van der Waals surface area contributed by atoms with E-state index in [4.69, 9.17) is 4.74 Å². The lowest BCUT2D eigenvalue weighted by Gasteiger charge is -2.28. The number of hydrogen-bond acceptors (Lipinski definition) is 6. The van der Waals surface area contributed by atoms with Crippen molar-refractivity contribution < 1.29 is 9.84 Å². The van der Waals surface area contributed by atoms with Gasteiger partial charge in [0.2, 0.25) is 0 Å². The summed E-state index contributed by atoms with van der Waals surface area (Å²) >= 11 is 0. The second-order valence-electron chi connectivity index (χ2n) is 7.07. The number of ether oxygens (including phenoxy) is 1. The molecule has 0 bridgehead atoms. The zero-order valence-electron chi connectivity index (χ0n) is 16.1. The highest BCUT2D eigenvalue weighted by molar-refractivity contribution is 5.77. The van der Waals surface area contributed by atoms with E-state index in [2.05, 4.69) is 15.0 Å². The van der Waals surface area contributed by atoms with Crippen LogP contribution in [0.4, 0.5) is 0 Å². The van der Waals surface area contributed by atoms with Crippen molar-refractivity contribution >= 4 is 0 Å². The van der Waals surface area contributed by atoms with E-state index in [9.17, 15) is 9.90 Å². The van der Waals surface area contributed by atoms with Gasteiger partial charge in [-0.15, -0.1) is 0 Å². The highest BCUT2D eigenvalue weighted by atomic mass is 16.5. The fourth-order valence-corrected chi connectivity index (χ4v) is 3.46. The molecule has 2 heterocycles. The highest BCUT2D eigenvalue weighted by Gasteiger charge is 2.19. The molecule has 0 aliphatic carbocycles. The summed E-state index contributed by atoms with van der Waals surface area (Å²) in [4.78, 5) is 19.1. The first-order valence-electron chi connectivity index (χ1n) is 9.79. The van der Waals surface area contributed by atoms with Gasteiger partial charge in [-0.05, 0) is 0 Å². The van der Waals surface area contributed by atoms with Gasteiger partial charge in [0, 0.05) is 30.8 Å². The molecule has 1 atom stereocenters. The van der Waals surface area contributed by atoms with E-state index in [1.165, 1.54) is 4.68 Å². The van der Waals surface area contributed by atoms with Crippen molar-refractivity contribution in [3.63, 3.8) is 0 Å². The molecule has 0 radical (unpaired) electrons. The van der Waals surface area contributed by atoms with Gasteiger partial charge in [-0.25, -0.2) is 9.48 Å². The lowest BCUT2D eigenvalue weighted by Crippen LogP contribution is -2.43. The Morgan fingerprint density at radius 2 is 1.48 bits per heavy atom. The Balaban J connectivity index is 1.66. The number of aliphatic hydroxyl groups is 1. The first-order chi connectivity index (χ1) is 14.2. The van der Waals surface area contributed by atoms with Gasteiger partial charge in [-0.1, -0.05) is 60.7 Å². The average Bonchev–Trinajstić information content (AvgIpc) is 2.77. The Morgan fingerprint density at radius 1 is 0.897 bits per heavy atom. The average molecular weight is 392 g/mol. The molecule has 0 saturated carbocycles. The summed E-state index contributed by atoms with van der Waals surface area (Å²) in [6, 6.07) is 19.2. The molecule has 4 rings (SSSR count). The predicted octanol–water partition coefficient (Wildman–Crippen LogP) is 1.67. The molecule has 7 heteroatoms. The molecule has 0 unspecified atom stereocenters. The smallest absolute Gasteiger partial charge is 0.364 e. The van der Waals surface area contributed by atoms with Crippen molar-refractivity contribution in [2.75, 3.05) is 32.8 Å². The zero-order valence-corrected chi connectivity index (χ0v) is 16.1. The maximum absolute atomic E-state index is 12.7. The lowest BCUT2D eigenvalue weighted by molar-refractivity contribution is 0.0105. The summed E-state index contributed by atoms with van der Waals surface area (Å²) in [7, 11) is 0. The van der Waals surface area contributed by atoms with Crippen molar-refractivity contribution in [2.45, 2.75) is 12.6 Å². The standard InChI is InChI=1S/C22H24N4O3/c27-19(15-25-11-13-29-14-12-25)16-26-22(28)23-20(17-7-3-1-4-8-17)21(24-26)18-9-5-2-6-10-18/h1-10,19,27H,11-16H2/t19-/m0/s1. The predicted molar refractivity (Wildman–Crippen MR) is 110 cm³/mol. The maximum Gasteiger partial charge on any atom is 0.364 e. The second-order valence-corrected chi connectivity index (χ2v) is 7.07. The minimum absolute atomic E-state index is 0.0953. The summed E-state index contributed by atoms with van der Waals surface area (Å²) < 4.78 is 6.60. The van der Waals surface area contributed by atoms with Gasteiger partial charge < -0.3 is 9.84 Å². The van der Waals surface area contributed by atoms with Crippen LogP contribution in [0, 0.1) is 0 Å². The lowest BCUT2D eigenvalue weighted by atomic mass is 10.0. The van der Waals surface area contributed by atoms with E-state index in [1.54, 1.807) is 0 Å². The van der Waals surface area contributed by atoms with Crippen LogP contribution in [0.1, 0.15) is 0 Å². The third-order valence-electron chi connectivity index (χ3n) is 4.92. The van der Waals surface area contributed by atoms with Gasteiger partial charge in [0.05, 0.1) is 25.9 Å². The number of hydrogen-bond donors (Lipinski definition) is 1. The molecular formula is C22H24N4O3. The fourth-order valence-electron chi connectivity index (χ4n) is 3.46. The third kappa shape index (κ3) is 4.76. The minimum Gasteiger partial charge on any atom is -0.390 e. The number of benzene rings is 2. The Labute approximate surface area is 169 Å². The molecule has 1 aliphatic rings. The van der Waals surface area contributed by atoms with E-state index < -0.39 is 11.8 Å². The van der Waals surface area contributed by atoms with E-state index in [-0.39, 0.29) is 6.54 Å². The Bertz CT molecular complexity index is 986. The molecule has 0 spiro atoms. The van der Waals surface area contributed by atoms with Crippen LogP contribution >= 0.6 is 0 Å². The van der Waals surface area contributed by atoms with E-state index >= 15 is 0 Å². The van der Waals surface area contributed by atoms with Crippen LogP contribution in [-0.4, -0.2) is 63.7 Å². The molecule has 0 amide bonds. The molecule has 1 N–H and O–H groups in total. The second kappa shape index (κ2) is 9.09. The third-order valence-corrected chi connectivity index (χ3v) is 4.92. The van der Waals surface area contributed by atoms with Crippen LogP contribution in [0.2, 0.25) is 0 Å². The van der Waals surface area contributed by atoms with Crippen molar-refractivity contribution in [1.29, 1.82) is 0 Å². The number of nitrogens with zero attached hydrogens (tertiary/aromatic N) is 4. The van der Waals surface area contributed by atoms with Gasteiger partial charge in [0.15, 0.2) is 0 Å². The van der Waals surface area contributed by atoms with Gasteiger partial charge in [-0.2, -0.15) is 10.1 Å². The fraction of sp³-hybridized carbons (Fsp3) is 0.318. The molecule has 1 aromatic heterocycles. The highest BCUT2D eigenvalue weighted by Crippen LogP contribution is 2.27. The number of β-amino-alcohol motifs (C(OH)–C–C–N with tert-alkyl or cyclic N) is 1. The summed E-state index contributed by atoms with van der Waals surface area (Å²) in [6.45, 7) is 3.45. The largest absolute Gasteiger partial charge is 0.390 e. The zero-order chi connectivity index (χ0) is 20.1. The van der Waals surface area contributed by atoms with Crippen LogP contribution in [0.25, 0.3) is 22.5 Å². The van der Waals surface area contributed by atoms with Crippen LogP contribution in [0.15, 0.2) is 65.5 Å². The molecule has 3 aromatic rings. The first kappa shape index (κ1) is 19.4. The van der Waals surface area contributed by atoms with Crippen molar-refractivity contribution in [3.05, 3.63) is 71.1 Å². The molecule has 1 saturated heterocycles. The van der Waals surface area contributed by atoms with Crippen molar-refractivity contribution in [2.24, 2.45) is 0 Å². The molecule has 7 nitrogen and oxygen atoms in total. The van der Waals surface area contributed by atoms with Crippen molar-refractivity contribution in [3.8, 4) is 22.5 Å². The Morgan fingerprint density at radius 3 is 2.10 bits per heavy atom. The Kier molecular flexibility index (Phi) is 6.09. The van der Waals surface area contributed by atoms with Crippen LogP contribution < -0.4 is 5.69 Å². The van der Waals surface area contributed by atoms with Crippen LogP contribution in [0.5, 0.6) is 0 Å². The van der Waals surface area contributed by atoms with Crippen LogP contribution in [-0.2, 0) is 11.3 Å². The molecule has 1 aliphatic heterocycles. The number of aromatic nitrogens is 3. The normalized spacial score (nSPS) is 15.9. The summed E-state index contributed by atoms with van der Waals surface area (Å²) in [6.07, 6.45) is -0.716. The van der Waals surface area contributed by atoms with Gasteiger partial charge >= 0.3 is 5.69 Å². The van der Waals surface area contributed by atoms with Crippen molar-refractivity contribution in [1.82, 2.24) is 19.7 Å². The molecular weight excluding hydrogens is 368 g/mol. The summed E-state index contributed by atoms with van der Waals surface area (Å²) in [5.74, 6) is 0. The summed E-state index contributed by atoms with van der Waals surface area (Å²) in [5.41, 5.74) is 2.40. The Hall–Kier alpha value is -2.87. The minimum atomic E-state index is -0.716. The number of aliphatic hydroxyl groups excluding tert-OH is 1. The van der Waals surface area contributed by atoms with E-state index in [0.717, 1.165) is 24.2 Å². The number of rotatable bonds is 6. The maximum atomic E-state index is 12.7. The SMILES string of the molecule is O=c1nc(-c2ccccc2)c(-c2ccccc2)nn1C[C@@H](O)CN1CCOCC1. The first-order valence-corrected chi connectivity index (χ1v) is 9.79. The number of morpholine rings is 1. The van der Waals surface area contributed by atoms with E-state index in [1.807, 2.05) is 60.7 Å². The summed E-state index contributed by atoms with van der Waals surface area (Å²) in [5, 5.41) is 15.1. The van der Waals surface area contributed by atoms with E-state index in [0.29, 0.717) is 31.1 Å². The quantitative estimate of drug-likeness (QED) is 0.687. The molecule has 1 fully saturated rings. The molecule has 150 valence electrons. The van der Waals surface area contributed by atoms with Crippen LogP contribution in [0.3, 0.4) is 0 Å². The van der Waals surface area contributed by atoms with Gasteiger partial charge in [-0.3, -0.25) is 4.90 Å². The molecule has 2 aromatic carbocycles. The monoisotopic (exact) mass is 392 g/mol. The van der Waals surface area contributed by atoms with Gasteiger partial charge in [0.1, 0.15) is 11.4 Å².